The number of anilines is 2. The zero-order valence-electron chi connectivity index (χ0n) is 18.5. The Morgan fingerprint density at radius 2 is 1.88 bits per heavy atom. The first kappa shape index (κ1) is 24.8. The van der Waals surface area contributed by atoms with Gasteiger partial charge < -0.3 is 0 Å². The summed E-state index contributed by atoms with van der Waals surface area (Å²) in [7, 11) is 0. The van der Waals surface area contributed by atoms with Crippen molar-refractivity contribution in [3.8, 4) is 0 Å². The third kappa shape index (κ3) is 4.62. The Labute approximate surface area is 224 Å². The quantitative estimate of drug-likeness (QED) is 0.351. The molecule has 0 spiro atoms. The van der Waals surface area contributed by atoms with Gasteiger partial charge in [0, 0.05) is 38.6 Å². The summed E-state index contributed by atoms with van der Waals surface area (Å²) in [6.45, 7) is 2.81. The first-order chi connectivity index (χ1) is 16.1. The molecule has 8 heteroatoms. The molecule has 34 heavy (non-hydrogen) atoms. The number of nitrogens with zero attached hydrogens (tertiary/aromatic N) is 3. The first-order valence-electron chi connectivity index (χ1n) is 11.0. The normalized spacial score (nSPS) is 18.9. The standard InChI is InChI=1S/C26H23Cl2N4O.W/c1-2-20-24(26(33)30-31-15-14-17-8-6-7-11-22(17)31)29-32(23-13-12-19(27)16-21(23)28)25(20)18-9-4-3-5-10-18;/h4-13,16,20,25H,2,14-15H2,1H3,(H,30,33);/q-1;. The number of hydrazine groups is 1. The van der Waals surface area contributed by atoms with Crippen LogP contribution in [0.4, 0.5) is 11.4 Å². The molecule has 3 aromatic rings. The molecule has 0 radical (unpaired) electrons. The third-order valence-electron chi connectivity index (χ3n) is 6.25. The van der Waals surface area contributed by atoms with Gasteiger partial charge in [-0.25, -0.2) is 0 Å². The predicted octanol–water partition coefficient (Wildman–Crippen LogP) is 5.83. The van der Waals surface area contributed by atoms with E-state index in [4.69, 9.17) is 28.3 Å². The zero-order valence-corrected chi connectivity index (χ0v) is 23.0. The fraction of sp³-hybridized carbons (Fsp3) is 0.231. The topological polar surface area (TPSA) is 47.9 Å². The van der Waals surface area contributed by atoms with E-state index in [-0.39, 0.29) is 38.9 Å². The maximum absolute atomic E-state index is 13.5. The summed E-state index contributed by atoms with van der Waals surface area (Å²) in [6, 6.07) is 24.1. The molecule has 1 N–H and O–H groups in total. The van der Waals surface area contributed by atoms with Gasteiger partial charge in [0.15, 0.2) is 0 Å². The van der Waals surface area contributed by atoms with Crippen molar-refractivity contribution in [1.29, 1.82) is 0 Å². The molecule has 0 aromatic heterocycles. The fourth-order valence-electron chi connectivity index (χ4n) is 4.68. The van der Waals surface area contributed by atoms with Crippen LogP contribution in [0, 0.1) is 12.0 Å². The summed E-state index contributed by atoms with van der Waals surface area (Å²) in [5.41, 5.74) is 7.60. The van der Waals surface area contributed by atoms with Gasteiger partial charge in [0.25, 0.3) is 5.91 Å². The second kappa shape index (κ2) is 10.5. The van der Waals surface area contributed by atoms with Gasteiger partial charge >= 0.3 is 0 Å². The van der Waals surface area contributed by atoms with Crippen LogP contribution in [-0.2, 0) is 32.3 Å². The average molecular weight is 662 g/mol. The van der Waals surface area contributed by atoms with E-state index in [0.29, 0.717) is 21.4 Å². The van der Waals surface area contributed by atoms with Crippen LogP contribution in [0.3, 0.4) is 0 Å². The monoisotopic (exact) mass is 661 g/mol. The van der Waals surface area contributed by atoms with Crippen molar-refractivity contribution in [2.24, 2.45) is 11.0 Å². The number of amides is 1. The number of hydrogen-bond acceptors (Lipinski definition) is 4. The molecule has 3 aromatic carbocycles. The second-order valence-electron chi connectivity index (χ2n) is 8.19. The van der Waals surface area contributed by atoms with E-state index in [2.05, 4.69) is 24.5 Å². The molecule has 1 amide bonds. The van der Waals surface area contributed by atoms with E-state index in [1.807, 2.05) is 58.5 Å². The average Bonchev–Trinajstić information content (AvgIpc) is 3.41. The number of rotatable bonds is 5. The SMILES string of the molecule is CCC1C(C(=O)NN2CCc3ccccc32)=NN(c2ccc(Cl)cc2Cl)C1c1cc[c-]cc1.[W]. The molecule has 2 aliphatic heterocycles. The maximum Gasteiger partial charge on any atom is 0.286 e. The van der Waals surface area contributed by atoms with Crippen molar-refractivity contribution in [3.63, 3.8) is 0 Å². The summed E-state index contributed by atoms with van der Waals surface area (Å²) in [5, 5.41) is 9.64. The molecule has 0 saturated carbocycles. The molecule has 0 saturated heterocycles. The number of halogens is 2. The predicted molar refractivity (Wildman–Crippen MR) is 134 cm³/mol. The van der Waals surface area contributed by atoms with Gasteiger partial charge in [-0.2, -0.15) is 35.4 Å². The summed E-state index contributed by atoms with van der Waals surface area (Å²) < 4.78 is 0. The molecule has 0 aliphatic carbocycles. The third-order valence-corrected chi connectivity index (χ3v) is 6.79. The van der Waals surface area contributed by atoms with E-state index in [1.54, 1.807) is 12.1 Å². The minimum atomic E-state index is -0.196. The summed E-state index contributed by atoms with van der Waals surface area (Å²) >= 11 is 12.7. The number of fused-ring (bicyclic) bond motifs is 1. The van der Waals surface area contributed by atoms with Crippen LogP contribution in [0.2, 0.25) is 10.0 Å². The van der Waals surface area contributed by atoms with Crippen LogP contribution in [0.25, 0.3) is 0 Å². The van der Waals surface area contributed by atoms with Gasteiger partial charge in [-0.15, -0.1) is 5.56 Å². The number of benzene rings is 3. The van der Waals surface area contributed by atoms with Crippen LogP contribution in [0.1, 0.15) is 30.5 Å². The number of carbonyl (C=O) groups excluding carboxylic acids is 1. The van der Waals surface area contributed by atoms with Crippen LogP contribution in [0.5, 0.6) is 0 Å². The molecule has 174 valence electrons. The first-order valence-corrected chi connectivity index (χ1v) is 11.8. The molecule has 2 heterocycles. The Morgan fingerprint density at radius 3 is 2.62 bits per heavy atom. The van der Waals surface area contributed by atoms with E-state index in [1.165, 1.54) is 5.56 Å². The van der Waals surface area contributed by atoms with Crippen molar-refractivity contribution in [2.45, 2.75) is 25.8 Å². The number of para-hydroxylation sites is 1. The van der Waals surface area contributed by atoms with Crippen LogP contribution in [0.15, 0.2) is 71.8 Å². The Kier molecular flexibility index (Phi) is 7.66. The zero-order chi connectivity index (χ0) is 22.9. The van der Waals surface area contributed by atoms with E-state index in [9.17, 15) is 4.79 Å². The van der Waals surface area contributed by atoms with Crippen molar-refractivity contribution in [1.82, 2.24) is 5.43 Å². The van der Waals surface area contributed by atoms with E-state index < -0.39 is 0 Å². The second-order valence-corrected chi connectivity index (χ2v) is 9.03. The molecule has 2 unspecified atom stereocenters. The minimum Gasteiger partial charge on any atom is -0.285 e. The molecule has 0 bridgehead atoms. The van der Waals surface area contributed by atoms with Gasteiger partial charge in [0.2, 0.25) is 0 Å². The number of hydrazone groups is 1. The number of hydrogen-bond donors (Lipinski definition) is 1. The van der Waals surface area contributed by atoms with Gasteiger partial charge in [-0.1, -0.05) is 48.3 Å². The van der Waals surface area contributed by atoms with E-state index in [0.717, 1.165) is 30.6 Å². The summed E-state index contributed by atoms with van der Waals surface area (Å²) in [6.07, 6.45) is 1.64. The Balaban J connectivity index is 0.00000274. The maximum atomic E-state index is 13.5. The van der Waals surface area contributed by atoms with E-state index >= 15 is 0 Å². The van der Waals surface area contributed by atoms with Crippen molar-refractivity contribution < 1.29 is 25.9 Å². The van der Waals surface area contributed by atoms with Gasteiger partial charge in [-0.3, -0.25) is 20.2 Å². The van der Waals surface area contributed by atoms with Gasteiger partial charge in [-0.05, 0) is 42.7 Å². The number of nitrogens with one attached hydrogen (secondary N) is 1. The van der Waals surface area contributed by atoms with Gasteiger partial charge in [0.05, 0.1) is 22.4 Å². The Morgan fingerprint density at radius 1 is 1.12 bits per heavy atom. The van der Waals surface area contributed by atoms with Crippen molar-refractivity contribution in [2.75, 3.05) is 16.6 Å². The van der Waals surface area contributed by atoms with Crippen LogP contribution < -0.4 is 15.4 Å². The van der Waals surface area contributed by atoms with Crippen LogP contribution in [-0.4, -0.2) is 18.2 Å². The molecule has 2 atom stereocenters. The molecule has 2 aliphatic rings. The summed E-state index contributed by atoms with van der Waals surface area (Å²) in [5.74, 6) is -0.310. The minimum absolute atomic E-state index is 0. The van der Waals surface area contributed by atoms with Gasteiger partial charge in [0.1, 0.15) is 5.71 Å². The molecule has 5 rings (SSSR count). The van der Waals surface area contributed by atoms with Crippen LogP contribution >= 0.6 is 23.2 Å². The molecular formula is C26H23Cl2N4OW-. The molecule has 0 fully saturated rings. The Bertz CT molecular complexity index is 1220. The largest absolute Gasteiger partial charge is 0.286 e. The smallest absolute Gasteiger partial charge is 0.285 e. The number of carbonyl (C=O) groups is 1. The summed E-state index contributed by atoms with van der Waals surface area (Å²) in [4.78, 5) is 13.5. The molecule has 5 nitrogen and oxygen atoms in total. The fourth-order valence-corrected chi connectivity index (χ4v) is 5.17. The molecular weight excluding hydrogens is 639 g/mol. The van der Waals surface area contributed by atoms with Crippen molar-refractivity contribution >= 4 is 46.2 Å². The van der Waals surface area contributed by atoms with Crippen molar-refractivity contribution in [3.05, 3.63) is 94.0 Å². The Hall–Kier alpha value is -2.33.